The van der Waals surface area contributed by atoms with Crippen LogP contribution in [-0.4, -0.2) is 60.0 Å². The Balaban J connectivity index is 1.60. The van der Waals surface area contributed by atoms with Gasteiger partial charge in [-0.15, -0.1) is 5.10 Å². The van der Waals surface area contributed by atoms with E-state index in [1.807, 2.05) is 22.9 Å². The first-order valence-corrected chi connectivity index (χ1v) is 10.5. The molecular weight excluding hydrogens is 376 g/mol. The van der Waals surface area contributed by atoms with Crippen LogP contribution in [0.2, 0.25) is 0 Å². The molecule has 0 amide bonds. The summed E-state index contributed by atoms with van der Waals surface area (Å²) in [7, 11) is 1.68. The van der Waals surface area contributed by atoms with Crippen LogP contribution in [-0.2, 0) is 6.54 Å². The largest absolute Gasteiger partial charge is 0.497 e. The van der Waals surface area contributed by atoms with Crippen LogP contribution in [0.25, 0.3) is 0 Å². The summed E-state index contributed by atoms with van der Waals surface area (Å²) in [5.74, 6) is 1.77. The zero-order valence-corrected chi connectivity index (χ0v) is 17.5. The van der Waals surface area contributed by atoms with Gasteiger partial charge >= 0.3 is 0 Å². The van der Waals surface area contributed by atoms with Crippen molar-refractivity contribution in [2.45, 2.75) is 12.6 Å². The monoisotopic (exact) mass is 406 g/mol. The Bertz CT molecular complexity index is 932. The predicted octanol–water partition coefficient (Wildman–Crippen LogP) is -0.211. The number of ether oxygens (including phenoxy) is 1. The average Bonchev–Trinajstić information content (AvgIpc) is 3.24. The van der Waals surface area contributed by atoms with Crippen molar-refractivity contribution < 1.29 is 14.5 Å². The summed E-state index contributed by atoms with van der Waals surface area (Å²) in [4.78, 5) is 3.11. The maximum atomic E-state index is 5.27. The van der Waals surface area contributed by atoms with Crippen LogP contribution in [0.15, 0.2) is 67.3 Å². The summed E-state index contributed by atoms with van der Waals surface area (Å²) in [6.07, 6.45) is 2.02. The molecule has 1 saturated heterocycles. The van der Waals surface area contributed by atoms with Crippen molar-refractivity contribution in [3.63, 3.8) is 0 Å². The molecule has 0 unspecified atom stereocenters. The number of methoxy groups -OCH3 is 1. The van der Waals surface area contributed by atoms with E-state index in [4.69, 9.17) is 4.74 Å². The highest BCUT2D eigenvalue weighted by atomic mass is 16.5. The summed E-state index contributed by atoms with van der Waals surface area (Å²) in [6, 6.07) is 18.8. The van der Waals surface area contributed by atoms with E-state index in [1.165, 1.54) is 10.5 Å². The Kier molecular flexibility index (Phi) is 6.51. The highest BCUT2D eigenvalue weighted by Crippen LogP contribution is 2.18. The van der Waals surface area contributed by atoms with Gasteiger partial charge in [-0.05, 0) is 34.2 Å². The first-order valence-electron chi connectivity index (χ1n) is 10.5. The number of piperazine rings is 1. The Hall–Kier alpha value is -3.03. The minimum Gasteiger partial charge on any atom is -0.497 e. The Labute approximate surface area is 177 Å². The number of aromatic nitrogens is 4. The minimum atomic E-state index is 0.115. The van der Waals surface area contributed by atoms with Gasteiger partial charge in [0.05, 0.1) is 20.2 Å². The number of rotatable bonds is 8. The molecule has 1 fully saturated rings. The first-order chi connectivity index (χ1) is 14.8. The third-order valence-corrected chi connectivity index (χ3v) is 5.88. The van der Waals surface area contributed by atoms with E-state index in [0.29, 0.717) is 6.54 Å². The van der Waals surface area contributed by atoms with Gasteiger partial charge in [0.15, 0.2) is 6.04 Å². The molecule has 0 bridgehead atoms. The van der Waals surface area contributed by atoms with Gasteiger partial charge in [-0.1, -0.05) is 49.0 Å². The predicted molar refractivity (Wildman–Crippen MR) is 115 cm³/mol. The molecule has 1 aromatic heterocycles. The minimum absolute atomic E-state index is 0.115. The molecule has 4 rings (SSSR count). The van der Waals surface area contributed by atoms with E-state index in [-0.39, 0.29) is 6.04 Å². The number of nitrogens with zero attached hydrogens (tertiary/aromatic N) is 4. The normalized spacial score (nSPS) is 19.9. The van der Waals surface area contributed by atoms with Crippen molar-refractivity contribution in [1.82, 2.24) is 20.2 Å². The summed E-state index contributed by atoms with van der Waals surface area (Å²) >= 11 is 0. The van der Waals surface area contributed by atoms with Gasteiger partial charge in [0.1, 0.15) is 31.9 Å². The molecule has 7 heteroatoms. The van der Waals surface area contributed by atoms with Crippen molar-refractivity contribution in [1.29, 1.82) is 0 Å². The fraction of sp³-hybridized carbons (Fsp3) is 0.348. The molecule has 0 spiro atoms. The number of hydrogen-bond acceptors (Lipinski definition) is 4. The van der Waals surface area contributed by atoms with Crippen LogP contribution in [0, 0.1) is 0 Å². The lowest BCUT2D eigenvalue weighted by Gasteiger charge is -2.33. The lowest BCUT2D eigenvalue weighted by Crippen LogP contribution is -3.28. The molecule has 1 aliphatic heterocycles. The zero-order valence-electron chi connectivity index (χ0n) is 17.5. The van der Waals surface area contributed by atoms with Gasteiger partial charge in [-0.3, -0.25) is 0 Å². The van der Waals surface area contributed by atoms with Crippen LogP contribution in [0.4, 0.5) is 0 Å². The molecule has 0 aliphatic carbocycles. The maximum absolute atomic E-state index is 5.27. The quantitative estimate of drug-likeness (QED) is 0.508. The highest BCUT2D eigenvalue weighted by molar-refractivity contribution is 5.28. The Morgan fingerprint density at radius 3 is 2.47 bits per heavy atom. The van der Waals surface area contributed by atoms with Crippen LogP contribution in [0.1, 0.15) is 23.0 Å². The molecule has 1 atom stereocenters. The topological polar surface area (TPSA) is 61.7 Å². The van der Waals surface area contributed by atoms with E-state index >= 15 is 0 Å². The second-order valence-corrected chi connectivity index (χ2v) is 7.79. The summed E-state index contributed by atoms with van der Waals surface area (Å²) < 4.78 is 7.21. The molecule has 7 nitrogen and oxygen atoms in total. The van der Waals surface area contributed by atoms with Crippen molar-refractivity contribution >= 4 is 0 Å². The number of quaternary nitrogens is 2. The van der Waals surface area contributed by atoms with E-state index in [9.17, 15) is 0 Å². The Morgan fingerprint density at radius 1 is 1.07 bits per heavy atom. The van der Waals surface area contributed by atoms with Crippen molar-refractivity contribution in [2.75, 3.05) is 39.8 Å². The SMILES string of the molecule is C=CC[NH+]1CC[NH+]([C@H](c2ccccc2)c2nnnn2Cc2ccc(OC)cc2)CC1. The molecule has 2 N–H and O–H groups in total. The lowest BCUT2D eigenvalue weighted by atomic mass is 10.0. The molecule has 30 heavy (non-hydrogen) atoms. The van der Waals surface area contributed by atoms with Crippen molar-refractivity contribution in [2.24, 2.45) is 0 Å². The fourth-order valence-electron chi connectivity index (χ4n) is 4.27. The van der Waals surface area contributed by atoms with Gasteiger partial charge in [0, 0.05) is 5.56 Å². The Morgan fingerprint density at radius 2 is 1.80 bits per heavy atom. The van der Waals surface area contributed by atoms with Crippen LogP contribution >= 0.6 is 0 Å². The second-order valence-electron chi connectivity index (χ2n) is 7.79. The second kappa shape index (κ2) is 9.65. The number of nitrogens with one attached hydrogen (secondary N) is 2. The number of benzene rings is 2. The van der Waals surface area contributed by atoms with Gasteiger partial charge in [0.25, 0.3) is 0 Å². The van der Waals surface area contributed by atoms with E-state index < -0.39 is 0 Å². The van der Waals surface area contributed by atoms with Gasteiger partial charge in [0.2, 0.25) is 5.82 Å². The number of tetrazole rings is 1. The standard InChI is InChI=1S/C23H28N6O/c1-3-13-27-14-16-28(17-15-27)22(20-7-5-4-6-8-20)23-24-25-26-29(23)18-19-9-11-21(30-2)12-10-19/h3-12,22H,1,13-18H2,2H3/p+2/t22-/m1/s1. The molecule has 1 aliphatic rings. The summed E-state index contributed by atoms with van der Waals surface area (Å²) in [5, 5.41) is 12.9. The van der Waals surface area contributed by atoms with E-state index in [2.05, 4.69) is 64.6 Å². The molecule has 2 aromatic carbocycles. The van der Waals surface area contributed by atoms with Crippen LogP contribution in [0.5, 0.6) is 5.75 Å². The molecule has 156 valence electrons. The summed E-state index contributed by atoms with van der Waals surface area (Å²) in [5.41, 5.74) is 2.40. The maximum Gasteiger partial charge on any atom is 0.214 e. The number of hydrogen-bond donors (Lipinski definition) is 2. The zero-order chi connectivity index (χ0) is 20.8. The fourth-order valence-corrected chi connectivity index (χ4v) is 4.27. The highest BCUT2D eigenvalue weighted by Gasteiger charge is 2.35. The third-order valence-electron chi connectivity index (χ3n) is 5.88. The van der Waals surface area contributed by atoms with Crippen molar-refractivity contribution in [3.05, 3.63) is 84.2 Å². The van der Waals surface area contributed by atoms with Crippen molar-refractivity contribution in [3.8, 4) is 5.75 Å². The first kappa shape index (κ1) is 20.3. The van der Waals surface area contributed by atoms with E-state index in [0.717, 1.165) is 49.9 Å². The molecule has 0 saturated carbocycles. The van der Waals surface area contributed by atoms with Crippen LogP contribution in [0.3, 0.4) is 0 Å². The smallest absolute Gasteiger partial charge is 0.214 e. The molecule has 3 aromatic rings. The molecule has 0 radical (unpaired) electrons. The van der Waals surface area contributed by atoms with Gasteiger partial charge in [-0.25, -0.2) is 4.68 Å². The third kappa shape index (κ3) is 4.58. The van der Waals surface area contributed by atoms with Gasteiger partial charge < -0.3 is 14.5 Å². The van der Waals surface area contributed by atoms with Gasteiger partial charge in [-0.2, -0.15) is 0 Å². The van der Waals surface area contributed by atoms with E-state index in [1.54, 1.807) is 12.0 Å². The lowest BCUT2D eigenvalue weighted by molar-refractivity contribution is -1.02. The van der Waals surface area contributed by atoms with Crippen LogP contribution < -0.4 is 14.5 Å². The average molecular weight is 407 g/mol. The molecular formula is C23H30N6O+2. The summed E-state index contributed by atoms with van der Waals surface area (Å²) in [6.45, 7) is 9.98. The molecule has 2 heterocycles.